The number of rotatable bonds is 10. The Bertz CT molecular complexity index is 1590. The van der Waals surface area contributed by atoms with Crippen LogP contribution in [0.1, 0.15) is 34.2 Å². The third-order valence-corrected chi connectivity index (χ3v) is 7.80. The lowest BCUT2D eigenvalue weighted by Gasteiger charge is -2.32. The summed E-state index contributed by atoms with van der Waals surface area (Å²) in [5.41, 5.74) is 19.1. The van der Waals surface area contributed by atoms with Gasteiger partial charge in [0.1, 0.15) is 0 Å². The Morgan fingerprint density at radius 2 is 1.44 bits per heavy atom. The predicted octanol–water partition coefficient (Wildman–Crippen LogP) is 7.39. The van der Waals surface area contributed by atoms with E-state index in [1.807, 2.05) is 18.5 Å². The molecule has 5 nitrogen and oxygen atoms in total. The van der Waals surface area contributed by atoms with Gasteiger partial charge in [0.05, 0.1) is 5.52 Å². The summed E-state index contributed by atoms with van der Waals surface area (Å²) in [4.78, 5) is 6.89. The van der Waals surface area contributed by atoms with E-state index < -0.39 is 0 Å². The number of hydrogen-bond donors (Lipinski definition) is 3. The first-order chi connectivity index (χ1) is 20.8. The van der Waals surface area contributed by atoms with Crippen LogP contribution in [0, 0.1) is 20.8 Å². The number of aromatic nitrogens is 1. The van der Waals surface area contributed by atoms with Gasteiger partial charge in [-0.15, -0.1) is 0 Å². The monoisotopic (exact) mass is 569 g/mol. The van der Waals surface area contributed by atoms with Crippen LogP contribution < -0.4 is 16.4 Å². The van der Waals surface area contributed by atoms with Crippen molar-refractivity contribution in [1.82, 2.24) is 15.2 Å². The zero-order chi connectivity index (χ0) is 30.2. The van der Waals surface area contributed by atoms with Crippen LogP contribution in [0.25, 0.3) is 23.1 Å². The fourth-order valence-electron chi connectivity index (χ4n) is 5.37. The number of fused-ring (bicyclic) bond motifs is 1. The minimum absolute atomic E-state index is 0.678. The highest BCUT2D eigenvalue weighted by Crippen LogP contribution is 2.29. The summed E-state index contributed by atoms with van der Waals surface area (Å²) in [7, 11) is 0. The highest BCUT2D eigenvalue weighted by Gasteiger charge is 2.22. The predicted molar refractivity (Wildman–Crippen MR) is 184 cm³/mol. The molecule has 220 valence electrons. The number of hydrogen-bond acceptors (Lipinski definition) is 5. The van der Waals surface area contributed by atoms with Crippen molar-refractivity contribution >= 4 is 28.7 Å². The van der Waals surface area contributed by atoms with E-state index in [2.05, 4.69) is 127 Å². The Morgan fingerprint density at radius 1 is 0.837 bits per heavy atom. The average molecular weight is 570 g/mol. The van der Waals surface area contributed by atoms with E-state index in [9.17, 15) is 0 Å². The van der Waals surface area contributed by atoms with Crippen LogP contribution in [0.4, 0.5) is 5.69 Å². The van der Waals surface area contributed by atoms with Gasteiger partial charge in [-0.1, -0.05) is 78.4 Å². The molecule has 1 aliphatic rings. The summed E-state index contributed by atoms with van der Waals surface area (Å²) in [6, 6.07) is 25.7. The van der Waals surface area contributed by atoms with Gasteiger partial charge in [-0.3, -0.25) is 9.88 Å². The summed E-state index contributed by atoms with van der Waals surface area (Å²) in [5.74, 6) is 0. The van der Waals surface area contributed by atoms with E-state index >= 15 is 0 Å². The molecule has 1 aromatic heterocycles. The van der Waals surface area contributed by atoms with E-state index in [1.54, 1.807) is 0 Å². The third-order valence-electron chi connectivity index (χ3n) is 7.80. The molecule has 43 heavy (non-hydrogen) atoms. The normalized spacial score (nSPS) is 16.3. The van der Waals surface area contributed by atoms with Crippen molar-refractivity contribution in [1.29, 1.82) is 0 Å². The van der Waals surface area contributed by atoms with Gasteiger partial charge >= 0.3 is 0 Å². The standard InChI is InChI=1S/C38H43N5/c1-27-6-11-31(12-7-27)21-33-24-43(25-34(30(33)4)22-32-13-8-28(2)9-14-32)26-35(39)23-40-17-5-18-41-37-16-19-42-38-20-29(3)10-15-36(37)38/h6-16,19-23,40H,4-5,17-18,24-26,39H2,1-3H3,(H,41,42)/b33-21+,34-22+,35-23-. The first kappa shape index (κ1) is 29.9. The summed E-state index contributed by atoms with van der Waals surface area (Å²) in [5, 5.41) is 8.13. The average Bonchev–Trinajstić information content (AvgIpc) is 2.99. The van der Waals surface area contributed by atoms with E-state index in [0.29, 0.717) is 6.54 Å². The van der Waals surface area contributed by atoms with Crippen molar-refractivity contribution in [3.8, 4) is 0 Å². The molecular weight excluding hydrogens is 526 g/mol. The highest BCUT2D eigenvalue weighted by molar-refractivity contribution is 5.91. The number of likely N-dealkylation sites (tertiary alicyclic amines) is 1. The van der Waals surface area contributed by atoms with E-state index in [0.717, 1.165) is 60.5 Å². The van der Waals surface area contributed by atoms with Crippen molar-refractivity contribution in [3.63, 3.8) is 0 Å². The molecule has 4 N–H and O–H groups in total. The van der Waals surface area contributed by atoms with Gasteiger partial charge in [0.15, 0.2) is 0 Å². The Labute approximate surface area is 256 Å². The topological polar surface area (TPSA) is 66.2 Å². The smallest absolute Gasteiger partial charge is 0.0725 e. The number of anilines is 1. The van der Waals surface area contributed by atoms with Gasteiger partial charge < -0.3 is 16.4 Å². The lowest BCUT2D eigenvalue weighted by Crippen LogP contribution is -2.36. The maximum Gasteiger partial charge on any atom is 0.0725 e. The molecule has 0 aliphatic carbocycles. The molecular formula is C38H43N5. The molecule has 3 aromatic carbocycles. The maximum atomic E-state index is 6.52. The molecule has 5 heteroatoms. The molecule has 0 amide bonds. The minimum atomic E-state index is 0.678. The van der Waals surface area contributed by atoms with Gasteiger partial charge in [-0.25, -0.2) is 0 Å². The van der Waals surface area contributed by atoms with E-state index in [1.165, 1.54) is 39.0 Å². The van der Waals surface area contributed by atoms with Crippen LogP contribution in [0.5, 0.6) is 0 Å². The van der Waals surface area contributed by atoms with Crippen LogP contribution in [0.15, 0.2) is 114 Å². The van der Waals surface area contributed by atoms with Gasteiger partial charge in [0.2, 0.25) is 0 Å². The van der Waals surface area contributed by atoms with Gasteiger partial charge in [0.25, 0.3) is 0 Å². The minimum Gasteiger partial charge on any atom is -0.400 e. The van der Waals surface area contributed by atoms with Crippen LogP contribution in [-0.4, -0.2) is 42.6 Å². The zero-order valence-electron chi connectivity index (χ0n) is 25.7. The molecule has 0 bridgehead atoms. The number of pyridine rings is 1. The number of nitrogens with zero attached hydrogens (tertiary/aromatic N) is 2. The van der Waals surface area contributed by atoms with Crippen molar-refractivity contribution in [2.75, 3.05) is 38.0 Å². The third kappa shape index (κ3) is 8.24. The first-order valence-corrected chi connectivity index (χ1v) is 15.1. The SMILES string of the molecule is C=C1/C(=C/c2ccc(C)cc2)CN(C/C(N)=C/NCCCNc2ccnc3cc(C)ccc23)C/C1=C\c1ccc(C)cc1. The largest absolute Gasteiger partial charge is 0.400 e. The second-order valence-corrected chi connectivity index (χ2v) is 11.6. The molecule has 0 radical (unpaired) electrons. The van der Waals surface area contributed by atoms with E-state index in [4.69, 9.17) is 5.73 Å². The van der Waals surface area contributed by atoms with Crippen molar-refractivity contribution in [2.24, 2.45) is 5.73 Å². The lowest BCUT2D eigenvalue weighted by atomic mass is 9.91. The van der Waals surface area contributed by atoms with Crippen LogP contribution in [0.2, 0.25) is 0 Å². The molecule has 1 aliphatic heterocycles. The fourth-order valence-corrected chi connectivity index (χ4v) is 5.37. The fraction of sp³-hybridized carbons (Fsp3) is 0.237. The molecule has 0 saturated carbocycles. The molecule has 1 saturated heterocycles. The van der Waals surface area contributed by atoms with Crippen LogP contribution >= 0.6 is 0 Å². The number of piperidine rings is 1. The Balaban J connectivity index is 1.19. The number of benzene rings is 3. The Hall–Kier alpha value is -4.61. The Kier molecular flexibility index (Phi) is 9.75. The molecule has 5 rings (SSSR count). The van der Waals surface area contributed by atoms with Crippen LogP contribution in [0.3, 0.4) is 0 Å². The molecule has 4 aromatic rings. The molecule has 0 atom stereocenters. The lowest BCUT2D eigenvalue weighted by molar-refractivity contribution is 0.339. The quantitative estimate of drug-likeness (QED) is 0.174. The number of aryl methyl sites for hydroxylation is 3. The second kappa shape index (κ2) is 14.0. The van der Waals surface area contributed by atoms with Gasteiger partial charge in [0, 0.05) is 61.9 Å². The maximum absolute atomic E-state index is 6.52. The summed E-state index contributed by atoms with van der Waals surface area (Å²) >= 11 is 0. The number of nitrogens with two attached hydrogens (primary N) is 1. The highest BCUT2D eigenvalue weighted by atomic mass is 15.1. The molecule has 2 heterocycles. The molecule has 0 unspecified atom stereocenters. The summed E-state index contributed by atoms with van der Waals surface area (Å²) in [6.07, 6.45) is 9.31. The first-order valence-electron chi connectivity index (χ1n) is 15.1. The van der Waals surface area contributed by atoms with Crippen LogP contribution in [-0.2, 0) is 0 Å². The van der Waals surface area contributed by atoms with Gasteiger partial charge in [-0.05, 0) is 84.9 Å². The van der Waals surface area contributed by atoms with E-state index in [-0.39, 0.29) is 0 Å². The van der Waals surface area contributed by atoms with Crippen molar-refractivity contribution in [2.45, 2.75) is 27.2 Å². The summed E-state index contributed by atoms with van der Waals surface area (Å²) < 4.78 is 0. The summed E-state index contributed by atoms with van der Waals surface area (Å²) in [6.45, 7) is 14.8. The zero-order valence-corrected chi connectivity index (χ0v) is 25.7. The number of nitrogens with one attached hydrogen (secondary N) is 2. The Morgan fingerprint density at radius 3 is 2.07 bits per heavy atom. The molecule has 1 fully saturated rings. The molecule has 0 spiro atoms. The van der Waals surface area contributed by atoms with Crippen molar-refractivity contribution in [3.05, 3.63) is 142 Å². The van der Waals surface area contributed by atoms with Crippen molar-refractivity contribution < 1.29 is 0 Å². The second-order valence-electron chi connectivity index (χ2n) is 11.6. The van der Waals surface area contributed by atoms with Gasteiger partial charge in [-0.2, -0.15) is 0 Å².